The second-order valence-electron chi connectivity index (χ2n) is 7.55. The van der Waals surface area contributed by atoms with Crippen LogP contribution in [0.25, 0.3) is 0 Å². The third-order valence-corrected chi connectivity index (χ3v) is 4.68. The van der Waals surface area contributed by atoms with E-state index in [1.807, 2.05) is 51.1 Å². The monoisotopic (exact) mass is 396 g/mol. The van der Waals surface area contributed by atoms with E-state index in [1.165, 1.54) is 11.0 Å². The van der Waals surface area contributed by atoms with Crippen LogP contribution in [0.3, 0.4) is 0 Å². The number of carbonyl (C=O) groups is 3. The van der Waals surface area contributed by atoms with Crippen LogP contribution in [0, 0.1) is 0 Å². The second-order valence-corrected chi connectivity index (χ2v) is 7.55. The van der Waals surface area contributed by atoms with Crippen molar-refractivity contribution in [1.29, 1.82) is 0 Å². The number of hydrogen-bond donors (Lipinski definition) is 1. The molecule has 0 bridgehead atoms. The van der Waals surface area contributed by atoms with Gasteiger partial charge in [0.15, 0.2) is 6.61 Å². The third-order valence-electron chi connectivity index (χ3n) is 4.68. The number of amides is 2. The molecule has 0 aliphatic carbocycles. The third kappa shape index (κ3) is 6.45. The predicted molar refractivity (Wildman–Crippen MR) is 111 cm³/mol. The number of carbonyl (C=O) groups excluding carboxylic acids is 3. The number of nitrogens with zero attached hydrogens (tertiary/aromatic N) is 1. The van der Waals surface area contributed by atoms with Crippen molar-refractivity contribution in [2.24, 2.45) is 0 Å². The average Bonchev–Trinajstić information content (AvgIpc) is 2.72. The van der Waals surface area contributed by atoms with E-state index in [0.29, 0.717) is 6.54 Å². The Bertz CT molecular complexity index is 862. The zero-order valence-electron chi connectivity index (χ0n) is 17.4. The molecule has 29 heavy (non-hydrogen) atoms. The highest BCUT2D eigenvalue weighted by molar-refractivity contribution is 6.05. The van der Waals surface area contributed by atoms with E-state index < -0.39 is 12.6 Å². The fourth-order valence-electron chi connectivity index (χ4n) is 2.69. The van der Waals surface area contributed by atoms with Gasteiger partial charge in [-0.15, -0.1) is 0 Å². The van der Waals surface area contributed by atoms with Crippen LogP contribution in [-0.4, -0.2) is 41.9 Å². The highest BCUT2D eigenvalue weighted by atomic mass is 16.5. The summed E-state index contributed by atoms with van der Waals surface area (Å²) in [5, 5.41) is 2.80. The van der Waals surface area contributed by atoms with Gasteiger partial charge in [-0.3, -0.25) is 9.59 Å². The van der Waals surface area contributed by atoms with Crippen molar-refractivity contribution in [2.45, 2.75) is 39.3 Å². The highest BCUT2D eigenvalue weighted by Gasteiger charge is 2.23. The molecule has 2 aromatic carbocycles. The SMILES string of the molecule is CCC(C)(C)NC(=O)COC(=O)c1ccccc1C(=O)N(C)Cc1ccccc1. The Morgan fingerprint density at radius 3 is 2.17 bits per heavy atom. The number of esters is 1. The maximum atomic E-state index is 12.9. The predicted octanol–water partition coefficient (Wildman–Crippen LogP) is 3.42. The number of ether oxygens (including phenoxy) is 1. The minimum atomic E-state index is -0.702. The molecule has 154 valence electrons. The minimum absolute atomic E-state index is 0.139. The zero-order chi connectivity index (χ0) is 21.4. The normalized spacial score (nSPS) is 10.9. The van der Waals surface area contributed by atoms with Crippen LogP contribution in [0.2, 0.25) is 0 Å². The molecule has 0 fully saturated rings. The molecule has 0 spiro atoms. The quantitative estimate of drug-likeness (QED) is 0.694. The number of rotatable bonds is 8. The van der Waals surface area contributed by atoms with Gasteiger partial charge in [0.1, 0.15) is 0 Å². The lowest BCUT2D eigenvalue weighted by molar-refractivity contribution is -0.125. The van der Waals surface area contributed by atoms with E-state index in [0.717, 1.165) is 12.0 Å². The molecule has 0 atom stereocenters. The van der Waals surface area contributed by atoms with Crippen molar-refractivity contribution in [3.63, 3.8) is 0 Å². The molecule has 6 nitrogen and oxygen atoms in total. The summed E-state index contributed by atoms with van der Waals surface area (Å²) in [4.78, 5) is 39.0. The molecular formula is C23H28N2O4. The summed E-state index contributed by atoms with van der Waals surface area (Å²) >= 11 is 0. The lowest BCUT2D eigenvalue weighted by Crippen LogP contribution is -2.44. The number of benzene rings is 2. The fourth-order valence-corrected chi connectivity index (χ4v) is 2.69. The van der Waals surface area contributed by atoms with Crippen molar-refractivity contribution in [3.8, 4) is 0 Å². The molecule has 6 heteroatoms. The Kier molecular flexibility index (Phi) is 7.53. The fraction of sp³-hybridized carbons (Fsp3) is 0.348. The van der Waals surface area contributed by atoms with Crippen LogP contribution in [-0.2, 0) is 16.1 Å². The van der Waals surface area contributed by atoms with E-state index in [-0.39, 0.29) is 28.5 Å². The zero-order valence-corrected chi connectivity index (χ0v) is 17.4. The summed E-state index contributed by atoms with van der Waals surface area (Å²) in [6.45, 7) is 5.76. The van der Waals surface area contributed by atoms with Gasteiger partial charge in [0.2, 0.25) is 0 Å². The van der Waals surface area contributed by atoms with Crippen molar-refractivity contribution in [2.75, 3.05) is 13.7 Å². The van der Waals surface area contributed by atoms with Crippen LogP contribution in [0.5, 0.6) is 0 Å². The molecule has 0 unspecified atom stereocenters. The summed E-state index contributed by atoms with van der Waals surface area (Å²) in [6, 6.07) is 16.0. The van der Waals surface area contributed by atoms with Crippen LogP contribution >= 0.6 is 0 Å². The Labute approximate surface area is 171 Å². The standard InChI is InChI=1S/C23H28N2O4/c1-5-23(2,3)24-20(26)16-29-22(28)19-14-10-9-13-18(19)21(27)25(4)15-17-11-7-6-8-12-17/h6-14H,5,15-16H2,1-4H3,(H,24,26). The van der Waals surface area contributed by atoms with E-state index in [9.17, 15) is 14.4 Å². The average molecular weight is 396 g/mol. The molecule has 0 saturated carbocycles. The first-order valence-electron chi connectivity index (χ1n) is 9.60. The molecule has 0 aliphatic heterocycles. The van der Waals surface area contributed by atoms with E-state index in [4.69, 9.17) is 4.74 Å². The molecular weight excluding hydrogens is 368 g/mol. The van der Waals surface area contributed by atoms with Gasteiger partial charge in [-0.25, -0.2) is 4.79 Å². The maximum absolute atomic E-state index is 12.9. The molecule has 1 N–H and O–H groups in total. The van der Waals surface area contributed by atoms with Crippen molar-refractivity contribution in [3.05, 3.63) is 71.3 Å². The summed E-state index contributed by atoms with van der Waals surface area (Å²) in [7, 11) is 1.68. The molecule has 2 rings (SSSR count). The molecule has 0 radical (unpaired) electrons. The van der Waals surface area contributed by atoms with Crippen molar-refractivity contribution >= 4 is 17.8 Å². The molecule has 0 heterocycles. The Morgan fingerprint density at radius 1 is 0.966 bits per heavy atom. The first-order chi connectivity index (χ1) is 13.7. The summed E-state index contributed by atoms with van der Waals surface area (Å²) in [5.74, 6) is -1.38. The van der Waals surface area contributed by atoms with Crippen LogP contribution < -0.4 is 5.32 Å². The van der Waals surface area contributed by atoms with Gasteiger partial charge in [0.05, 0.1) is 11.1 Å². The van der Waals surface area contributed by atoms with E-state index in [1.54, 1.807) is 25.2 Å². The van der Waals surface area contributed by atoms with E-state index in [2.05, 4.69) is 5.32 Å². The molecule has 0 aromatic heterocycles. The first-order valence-corrected chi connectivity index (χ1v) is 9.60. The Hall–Kier alpha value is -3.15. The van der Waals surface area contributed by atoms with Gasteiger partial charge in [0, 0.05) is 19.1 Å². The van der Waals surface area contributed by atoms with Gasteiger partial charge in [-0.2, -0.15) is 0 Å². The second kappa shape index (κ2) is 9.87. The maximum Gasteiger partial charge on any atom is 0.339 e. The Balaban J connectivity index is 2.06. The molecule has 2 aromatic rings. The highest BCUT2D eigenvalue weighted by Crippen LogP contribution is 2.15. The van der Waals surface area contributed by atoms with Gasteiger partial charge >= 0.3 is 5.97 Å². The van der Waals surface area contributed by atoms with Gasteiger partial charge in [-0.1, -0.05) is 49.4 Å². The topological polar surface area (TPSA) is 75.7 Å². The lowest BCUT2D eigenvalue weighted by atomic mass is 10.0. The van der Waals surface area contributed by atoms with Gasteiger partial charge in [0.25, 0.3) is 11.8 Å². The number of nitrogens with one attached hydrogen (secondary N) is 1. The smallest absolute Gasteiger partial charge is 0.339 e. The van der Waals surface area contributed by atoms with Crippen LogP contribution in [0.4, 0.5) is 0 Å². The minimum Gasteiger partial charge on any atom is -0.452 e. The van der Waals surface area contributed by atoms with E-state index >= 15 is 0 Å². The van der Waals surface area contributed by atoms with Gasteiger partial charge < -0.3 is 15.0 Å². The van der Waals surface area contributed by atoms with Crippen LogP contribution in [0.15, 0.2) is 54.6 Å². The summed E-state index contributed by atoms with van der Waals surface area (Å²) in [6.07, 6.45) is 0.748. The van der Waals surface area contributed by atoms with Crippen molar-refractivity contribution in [1.82, 2.24) is 10.2 Å². The lowest BCUT2D eigenvalue weighted by Gasteiger charge is -2.24. The first kappa shape index (κ1) is 22.1. The van der Waals surface area contributed by atoms with Crippen LogP contribution in [0.1, 0.15) is 53.5 Å². The molecule has 2 amide bonds. The van der Waals surface area contributed by atoms with Crippen molar-refractivity contribution < 1.29 is 19.1 Å². The van der Waals surface area contributed by atoms with Gasteiger partial charge in [-0.05, 0) is 38.0 Å². The summed E-state index contributed by atoms with van der Waals surface area (Å²) < 4.78 is 5.15. The number of hydrogen-bond acceptors (Lipinski definition) is 4. The molecule has 0 aliphatic rings. The largest absolute Gasteiger partial charge is 0.452 e. The summed E-state index contributed by atoms with van der Waals surface area (Å²) in [5.41, 5.74) is 0.987. The Morgan fingerprint density at radius 2 is 1.55 bits per heavy atom. The molecule has 0 saturated heterocycles.